The van der Waals surface area contributed by atoms with Crippen LogP contribution in [0.3, 0.4) is 0 Å². The maximum absolute atomic E-state index is 13.2. The average Bonchev–Trinajstić information content (AvgIpc) is 2.57. The van der Waals surface area contributed by atoms with Gasteiger partial charge in [0, 0.05) is 0 Å². The number of halogens is 1. The first-order chi connectivity index (χ1) is 11.6. The number of H-pyrrole nitrogens is 1. The van der Waals surface area contributed by atoms with Gasteiger partial charge in [0.1, 0.15) is 17.2 Å². The van der Waals surface area contributed by atoms with Gasteiger partial charge in [-0.3, -0.25) is 9.78 Å². The molecule has 0 bridgehead atoms. The van der Waals surface area contributed by atoms with Gasteiger partial charge >= 0.3 is 0 Å². The highest BCUT2D eigenvalue weighted by Crippen LogP contribution is 2.27. The molecule has 24 heavy (non-hydrogen) atoms. The highest BCUT2D eigenvalue weighted by atomic mass is 19.1. The predicted molar refractivity (Wildman–Crippen MR) is 92.3 cm³/mol. The summed E-state index contributed by atoms with van der Waals surface area (Å²) in [6.07, 6.45) is 1.80. The number of rotatable bonds is 3. The molecule has 0 fully saturated rings. The Balaban J connectivity index is 1.70. The molecule has 0 saturated heterocycles. The lowest BCUT2D eigenvalue weighted by atomic mass is 9.96. The van der Waals surface area contributed by atoms with E-state index in [9.17, 15) is 4.39 Å². The molecule has 0 spiro atoms. The first kappa shape index (κ1) is 14.6. The fourth-order valence-electron chi connectivity index (χ4n) is 2.97. The molecule has 5 heteroatoms. The van der Waals surface area contributed by atoms with Crippen molar-refractivity contribution in [2.75, 3.05) is 0 Å². The molecule has 0 aliphatic heterocycles. The van der Waals surface area contributed by atoms with Gasteiger partial charge in [-0.25, -0.2) is 14.4 Å². The molecule has 0 amide bonds. The summed E-state index contributed by atoms with van der Waals surface area (Å²) in [5.41, 5.74) is 6.40. The standard InChI is InChI=1S/C19H17FN4/c1-12-15(11-24-19-18(23-24)10-21-13(2)22-19)4-3-5-17(12)14-6-8-16(20)9-7-14/h3-10,23H,11H2,1-2H3. The van der Waals surface area contributed by atoms with Crippen LogP contribution in [0.1, 0.15) is 17.0 Å². The minimum Gasteiger partial charge on any atom is -0.292 e. The third-order valence-corrected chi connectivity index (χ3v) is 4.33. The lowest BCUT2D eigenvalue weighted by Gasteiger charge is -2.18. The number of aromatic amines is 1. The van der Waals surface area contributed by atoms with Gasteiger partial charge < -0.3 is 0 Å². The van der Waals surface area contributed by atoms with Crippen LogP contribution in [0.5, 0.6) is 0 Å². The zero-order chi connectivity index (χ0) is 16.7. The van der Waals surface area contributed by atoms with E-state index in [0.29, 0.717) is 6.54 Å². The van der Waals surface area contributed by atoms with Crippen molar-refractivity contribution in [1.82, 2.24) is 19.7 Å². The van der Waals surface area contributed by atoms with Crippen molar-refractivity contribution < 1.29 is 4.39 Å². The normalized spacial score (nSPS) is 11.3. The van der Waals surface area contributed by atoms with Crippen LogP contribution in [0.15, 0.2) is 48.7 Å². The number of aryl methyl sites for hydroxylation is 1. The molecule has 2 heterocycles. The molecule has 1 N–H and O–H groups in total. The molecule has 0 atom stereocenters. The van der Waals surface area contributed by atoms with Crippen LogP contribution in [-0.2, 0) is 6.54 Å². The van der Waals surface area contributed by atoms with E-state index in [1.165, 1.54) is 23.3 Å². The van der Waals surface area contributed by atoms with Gasteiger partial charge in [0.2, 0.25) is 0 Å². The van der Waals surface area contributed by atoms with Crippen LogP contribution in [0.4, 0.5) is 4.39 Å². The highest BCUT2D eigenvalue weighted by Gasteiger charge is 2.11. The Morgan fingerprint density at radius 1 is 1.08 bits per heavy atom. The van der Waals surface area contributed by atoms with Crippen LogP contribution < -0.4 is 0 Å². The number of nitrogens with one attached hydrogen (secondary N) is 1. The number of hydrogen-bond donors (Lipinski definition) is 1. The molecule has 4 aromatic rings. The zero-order valence-corrected chi connectivity index (χ0v) is 13.5. The Morgan fingerprint density at radius 3 is 2.67 bits per heavy atom. The maximum Gasteiger partial charge on any atom is 0.176 e. The van der Waals surface area contributed by atoms with Crippen molar-refractivity contribution in [3.63, 3.8) is 0 Å². The van der Waals surface area contributed by atoms with Crippen molar-refractivity contribution >= 4 is 11.2 Å². The van der Waals surface area contributed by atoms with Crippen molar-refractivity contribution in [3.05, 3.63) is 71.4 Å². The quantitative estimate of drug-likeness (QED) is 0.614. The fraction of sp³-hybridized carbons (Fsp3) is 0.158. The average molecular weight is 320 g/mol. The monoisotopic (exact) mass is 320 g/mol. The Kier molecular flexibility index (Phi) is 3.41. The summed E-state index contributed by atoms with van der Waals surface area (Å²) < 4.78 is 15.2. The zero-order valence-electron chi connectivity index (χ0n) is 13.5. The van der Waals surface area contributed by atoms with Crippen LogP contribution >= 0.6 is 0 Å². The van der Waals surface area contributed by atoms with E-state index in [1.54, 1.807) is 6.20 Å². The van der Waals surface area contributed by atoms with E-state index in [2.05, 4.69) is 34.1 Å². The second-order valence-corrected chi connectivity index (χ2v) is 5.95. The minimum atomic E-state index is -0.219. The molecule has 4 rings (SSSR count). The number of aromatic nitrogens is 4. The molecule has 2 aromatic heterocycles. The van der Waals surface area contributed by atoms with Gasteiger partial charge in [0.05, 0.1) is 12.7 Å². The minimum absolute atomic E-state index is 0.219. The molecular weight excluding hydrogens is 303 g/mol. The largest absolute Gasteiger partial charge is 0.292 e. The number of benzene rings is 2. The van der Waals surface area contributed by atoms with E-state index in [1.807, 2.05) is 29.8 Å². The fourth-order valence-corrected chi connectivity index (χ4v) is 2.97. The van der Waals surface area contributed by atoms with E-state index in [0.717, 1.165) is 28.1 Å². The summed E-state index contributed by atoms with van der Waals surface area (Å²) in [6, 6.07) is 12.8. The Labute approximate surface area is 139 Å². The van der Waals surface area contributed by atoms with Crippen molar-refractivity contribution in [3.8, 4) is 11.1 Å². The lowest BCUT2D eigenvalue weighted by Crippen LogP contribution is -2.15. The maximum atomic E-state index is 13.2. The molecule has 0 aliphatic rings. The van der Waals surface area contributed by atoms with Crippen LogP contribution in [0.25, 0.3) is 22.3 Å². The van der Waals surface area contributed by atoms with Gasteiger partial charge in [0.25, 0.3) is 0 Å². The summed E-state index contributed by atoms with van der Waals surface area (Å²) in [7, 11) is 0. The number of nitrogens with zero attached hydrogens (tertiary/aromatic N) is 3. The number of hydrogen-bond acceptors (Lipinski definition) is 2. The second-order valence-electron chi connectivity index (χ2n) is 5.95. The van der Waals surface area contributed by atoms with Crippen LogP contribution in [-0.4, -0.2) is 19.7 Å². The third kappa shape index (κ3) is 2.48. The van der Waals surface area contributed by atoms with Gasteiger partial charge in [-0.15, -0.1) is 0 Å². The Morgan fingerprint density at radius 2 is 1.88 bits per heavy atom. The van der Waals surface area contributed by atoms with Crippen LogP contribution in [0, 0.1) is 19.7 Å². The molecule has 2 aromatic carbocycles. The van der Waals surface area contributed by atoms with Crippen LogP contribution in [0.2, 0.25) is 0 Å². The summed E-state index contributed by atoms with van der Waals surface area (Å²) in [6.45, 7) is 4.70. The van der Waals surface area contributed by atoms with Gasteiger partial charge in [0.15, 0.2) is 5.65 Å². The van der Waals surface area contributed by atoms with E-state index < -0.39 is 0 Å². The summed E-state index contributed by atoms with van der Waals surface area (Å²) in [5, 5.41) is 3.25. The Bertz CT molecular complexity index is 1010. The molecule has 0 saturated carbocycles. The molecule has 0 radical (unpaired) electrons. The molecule has 120 valence electrons. The summed E-state index contributed by atoms with van der Waals surface area (Å²) in [5.74, 6) is 0.543. The summed E-state index contributed by atoms with van der Waals surface area (Å²) in [4.78, 5) is 8.65. The van der Waals surface area contributed by atoms with Gasteiger partial charge in [-0.1, -0.05) is 30.3 Å². The summed E-state index contributed by atoms with van der Waals surface area (Å²) >= 11 is 0. The van der Waals surface area contributed by atoms with Crippen molar-refractivity contribution in [1.29, 1.82) is 0 Å². The molecule has 4 nitrogen and oxygen atoms in total. The topological polar surface area (TPSA) is 46.5 Å². The molecule has 0 unspecified atom stereocenters. The lowest BCUT2D eigenvalue weighted by molar-refractivity contribution is 0.628. The Hall–Kier alpha value is -2.95. The van der Waals surface area contributed by atoms with Gasteiger partial charge in [-0.05, 0) is 48.2 Å². The van der Waals surface area contributed by atoms with E-state index in [-0.39, 0.29) is 5.82 Å². The highest BCUT2D eigenvalue weighted by molar-refractivity contribution is 5.72. The van der Waals surface area contributed by atoms with E-state index in [4.69, 9.17) is 0 Å². The second kappa shape index (κ2) is 5.60. The smallest absolute Gasteiger partial charge is 0.176 e. The van der Waals surface area contributed by atoms with Gasteiger partial charge in [-0.2, -0.15) is 0 Å². The van der Waals surface area contributed by atoms with Crippen molar-refractivity contribution in [2.24, 2.45) is 0 Å². The van der Waals surface area contributed by atoms with E-state index >= 15 is 0 Å². The SMILES string of the molecule is Cc1ncc2[nH]n(Cc3cccc(-c4ccc(F)cc4)c3C)c2n1. The van der Waals surface area contributed by atoms with Crippen molar-refractivity contribution in [2.45, 2.75) is 20.4 Å². The first-order valence-electron chi connectivity index (χ1n) is 7.84. The predicted octanol–water partition coefficient (Wildman–Crippen LogP) is 4.23. The molecular formula is C19H17FN4. The third-order valence-electron chi connectivity index (χ3n) is 4.33. The number of fused-ring (bicyclic) bond motifs is 1. The first-order valence-corrected chi connectivity index (χ1v) is 7.84. The molecule has 0 aliphatic carbocycles.